The monoisotopic (exact) mass is 438 g/mol. The van der Waals surface area contributed by atoms with Gasteiger partial charge in [-0.15, -0.1) is 0 Å². The van der Waals surface area contributed by atoms with E-state index >= 15 is 0 Å². The molecular weight excluding hydrogens is 392 g/mol. The summed E-state index contributed by atoms with van der Waals surface area (Å²) in [7, 11) is 0. The lowest BCUT2D eigenvalue weighted by Gasteiger charge is -2.72. The number of aliphatic hydroxyl groups excluding tert-OH is 1. The number of rotatable bonds is 0. The van der Waals surface area contributed by atoms with Gasteiger partial charge >= 0.3 is 0 Å². The SMILES string of the molecule is CC1(C)CC2=C3O[C@@H]1C1C4CCC5[C@@]6(C)CC[C@H](O)C(C)(C)C6CC[C@@]5(C)[C@]4(C)CC[C@]231. The average Bonchev–Trinajstić information content (AvgIpc) is 3.15. The third-order valence-electron chi connectivity index (χ3n) is 14.1. The quantitative estimate of drug-likeness (QED) is 0.436. The lowest BCUT2D eigenvalue weighted by atomic mass is 9.32. The predicted octanol–water partition coefficient (Wildman–Crippen LogP) is 7.12. The van der Waals surface area contributed by atoms with Crippen LogP contribution in [0, 0.1) is 56.2 Å². The fourth-order valence-corrected chi connectivity index (χ4v) is 12.2. The van der Waals surface area contributed by atoms with E-state index < -0.39 is 0 Å². The number of hydrogen-bond donors (Lipinski definition) is 1. The molecule has 0 amide bonds. The van der Waals surface area contributed by atoms with E-state index in [4.69, 9.17) is 4.74 Å². The molecule has 2 heterocycles. The highest BCUT2D eigenvalue weighted by Crippen LogP contribution is 2.84. The fourth-order valence-electron chi connectivity index (χ4n) is 12.2. The Morgan fingerprint density at radius 2 is 1.53 bits per heavy atom. The van der Waals surface area contributed by atoms with E-state index in [9.17, 15) is 5.11 Å². The van der Waals surface area contributed by atoms with Crippen LogP contribution in [-0.2, 0) is 4.74 Å². The summed E-state index contributed by atoms with van der Waals surface area (Å²) in [6, 6.07) is 0. The summed E-state index contributed by atoms with van der Waals surface area (Å²) in [6.45, 7) is 17.8. The van der Waals surface area contributed by atoms with E-state index in [-0.39, 0.29) is 11.5 Å². The molecular formula is C30H46O2. The van der Waals surface area contributed by atoms with Crippen LogP contribution in [0.15, 0.2) is 11.3 Å². The Morgan fingerprint density at radius 1 is 0.781 bits per heavy atom. The molecule has 4 bridgehead atoms. The Bertz CT molecular complexity index is 929. The minimum absolute atomic E-state index is 0.0552. The van der Waals surface area contributed by atoms with Gasteiger partial charge in [0.2, 0.25) is 0 Å². The molecule has 0 aromatic rings. The second kappa shape index (κ2) is 5.50. The van der Waals surface area contributed by atoms with E-state index in [0.717, 1.165) is 24.2 Å². The van der Waals surface area contributed by atoms with E-state index in [1.54, 1.807) is 5.57 Å². The Labute approximate surface area is 195 Å². The minimum Gasteiger partial charge on any atom is -0.493 e. The molecule has 10 atom stereocenters. The maximum Gasteiger partial charge on any atom is 0.108 e. The second-order valence-corrected chi connectivity index (χ2v) is 15.6. The molecule has 1 saturated heterocycles. The highest BCUT2D eigenvalue weighted by atomic mass is 16.5. The molecule has 1 N–H and O–H groups in total. The Hall–Kier alpha value is -0.500. The van der Waals surface area contributed by atoms with Gasteiger partial charge in [0.05, 0.1) is 11.5 Å². The summed E-state index contributed by atoms with van der Waals surface area (Å²) >= 11 is 0. The molecule has 32 heavy (non-hydrogen) atoms. The molecule has 8 rings (SSSR count). The highest BCUT2D eigenvalue weighted by Gasteiger charge is 2.80. The molecule has 2 aliphatic heterocycles. The number of ether oxygens (including phenoxy) is 1. The molecule has 1 spiro atoms. The van der Waals surface area contributed by atoms with E-state index in [2.05, 4.69) is 48.5 Å². The van der Waals surface area contributed by atoms with Gasteiger partial charge in [-0.3, -0.25) is 0 Å². The Balaban J connectivity index is 1.28. The largest absolute Gasteiger partial charge is 0.493 e. The molecule has 6 fully saturated rings. The molecule has 6 aliphatic carbocycles. The first-order valence-electron chi connectivity index (χ1n) is 13.9. The average molecular weight is 439 g/mol. The van der Waals surface area contributed by atoms with Crippen LogP contribution < -0.4 is 0 Å². The van der Waals surface area contributed by atoms with Crippen LogP contribution >= 0.6 is 0 Å². The summed E-state index contributed by atoms with van der Waals surface area (Å²) in [4.78, 5) is 0. The van der Waals surface area contributed by atoms with Crippen LogP contribution in [0.25, 0.3) is 0 Å². The van der Waals surface area contributed by atoms with E-state index in [1.165, 1.54) is 57.1 Å². The maximum absolute atomic E-state index is 10.9. The van der Waals surface area contributed by atoms with Gasteiger partial charge in [0, 0.05) is 11.3 Å². The summed E-state index contributed by atoms with van der Waals surface area (Å²) < 4.78 is 6.75. The van der Waals surface area contributed by atoms with Gasteiger partial charge in [-0.05, 0) is 103 Å². The molecule has 4 unspecified atom stereocenters. The second-order valence-electron chi connectivity index (χ2n) is 15.6. The predicted molar refractivity (Wildman–Crippen MR) is 128 cm³/mol. The first-order valence-corrected chi connectivity index (χ1v) is 13.9. The van der Waals surface area contributed by atoms with Gasteiger partial charge in [0.25, 0.3) is 0 Å². The van der Waals surface area contributed by atoms with Crippen molar-refractivity contribution in [1.82, 2.24) is 0 Å². The van der Waals surface area contributed by atoms with Crippen molar-refractivity contribution in [2.45, 2.75) is 118 Å². The number of hydrogen-bond acceptors (Lipinski definition) is 2. The molecule has 2 nitrogen and oxygen atoms in total. The van der Waals surface area contributed by atoms with Crippen molar-refractivity contribution in [2.75, 3.05) is 0 Å². The minimum atomic E-state index is -0.124. The molecule has 8 aliphatic rings. The van der Waals surface area contributed by atoms with Crippen LogP contribution in [-0.4, -0.2) is 17.3 Å². The number of fused-ring (bicyclic) bond motifs is 6. The molecule has 5 saturated carbocycles. The van der Waals surface area contributed by atoms with Gasteiger partial charge < -0.3 is 9.84 Å². The van der Waals surface area contributed by atoms with Gasteiger partial charge in [0.1, 0.15) is 11.9 Å². The molecule has 0 aromatic carbocycles. The first kappa shape index (κ1) is 20.8. The number of aliphatic hydroxyl groups is 1. The third-order valence-corrected chi connectivity index (χ3v) is 14.1. The van der Waals surface area contributed by atoms with Gasteiger partial charge in [-0.1, -0.05) is 48.5 Å². The van der Waals surface area contributed by atoms with Crippen molar-refractivity contribution in [3.8, 4) is 0 Å². The van der Waals surface area contributed by atoms with Crippen molar-refractivity contribution >= 4 is 0 Å². The third kappa shape index (κ3) is 1.93. The number of allylic oxidation sites excluding steroid dienone is 2. The van der Waals surface area contributed by atoms with Crippen molar-refractivity contribution < 1.29 is 9.84 Å². The maximum atomic E-state index is 10.9. The summed E-state index contributed by atoms with van der Waals surface area (Å²) in [5.74, 6) is 4.51. The fraction of sp³-hybridized carbons (Fsp3) is 0.933. The zero-order chi connectivity index (χ0) is 22.7. The summed E-state index contributed by atoms with van der Waals surface area (Å²) in [5.41, 5.74) is 3.75. The Morgan fingerprint density at radius 3 is 2.28 bits per heavy atom. The van der Waals surface area contributed by atoms with Crippen molar-refractivity contribution in [2.24, 2.45) is 56.2 Å². The zero-order valence-corrected chi connectivity index (χ0v) is 21.7. The van der Waals surface area contributed by atoms with Crippen LogP contribution in [0.3, 0.4) is 0 Å². The molecule has 2 heteroatoms. The van der Waals surface area contributed by atoms with Crippen molar-refractivity contribution in [1.29, 1.82) is 0 Å². The molecule has 178 valence electrons. The summed E-state index contributed by atoms with van der Waals surface area (Å²) in [5, 5.41) is 10.9. The van der Waals surface area contributed by atoms with Gasteiger partial charge in [-0.2, -0.15) is 0 Å². The highest BCUT2D eigenvalue weighted by molar-refractivity contribution is 5.55. The van der Waals surface area contributed by atoms with E-state index in [1.807, 2.05) is 0 Å². The van der Waals surface area contributed by atoms with Crippen LogP contribution in [0.5, 0.6) is 0 Å². The van der Waals surface area contributed by atoms with Crippen LogP contribution in [0.2, 0.25) is 0 Å². The van der Waals surface area contributed by atoms with Crippen molar-refractivity contribution in [3.05, 3.63) is 11.3 Å². The zero-order valence-electron chi connectivity index (χ0n) is 21.7. The van der Waals surface area contributed by atoms with E-state index in [0.29, 0.717) is 39.1 Å². The van der Waals surface area contributed by atoms with Gasteiger partial charge in [-0.25, -0.2) is 0 Å². The standard InChI is InChI=1S/C30H46O2/c1-25(2)16-18-23-30(18)15-14-28(6)17(22(30)24(25)32-23)8-9-20-27(5)12-11-21(31)26(3,4)19(27)10-13-29(20,28)7/h17,19-22,24,31H,8-16H2,1-7H3/t17?,19?,20?,21-,22?,24+,27-,28+,29+,30+/m0/s1. The topological polar surface area (TPSA) is 29.5 Å². The summed E-state index contributed by atoms with van der Waals surface area (Å²) in [6.07, 6.45) is 12.1. The van der Waals surface area contributed by atoms with Crippen LogP contribution in [0.4, 0.5) is 0 Å². The molecule has 0 aromatic heterocycles. The normalized spacial score (nSPS) is 60.5. The van der Waals surface area contributed by atoms with Crippen LogP contribution in [0.1, 0.15) is 106 Å². The lowest BCUT2D eigenvalue weighted by Crippen LogP contribution is -2.67. The Kier molecular flexibility index (Phi) is 3.58. The smallest absolute Gasteiger partial charge is 0.108 e. The molecule has 0 radical (unpaired) electrons. The van der Waals surface area contributed by atoms with Crippen molar-refractivity contribution in [3.63, 3.8) is 0 Å². The first-order chi connectivity index (χ1) is 14.8. The lowest BCUT2D eigenvalue weighted by molar-refractivity contribution is -0.247. The van der Waals surface area contributed by atoms with Gasteiger partial charge in [0.15, 0.2) is 0 Å².